The van der Waals surface area contributed by atoms with Crippen molar-refractivity contribution in [3.8, 4) is 22.8 Å². The van der Waals surface area contributed by atoms with Gasteiger partial charge in [0, 0.05) is 30.2 Å². The lowest BCUT2D eigenvalue weighted by Gasteiger charge is -2.45. The molecule has 0 unspecified atom stereocenters. The van der Waals surface area contributed by atoms with Crippen molar-refractivity contribution in [1.82, 2.24) is 14.5 Å². The van der Waals surface area contributed by atoms with Gasteiger partial charge in [0.25, 0.3) is 0 Å². The van der Waals surface area contributed by atoms with Crippen molar-refractivity contribution < 1.29 is 13.9 Å². The van der Waals surface area contributed by atoms with Gasteiger partial charge in [-0.2, -0.15) is 0 Å². The van der Waals surface area contributed by atoms with Gasteiger partial charge in [0.2, 0.25) is 0 Å². The van der Waals surface area contributed by atoms with Crippen molar-refractivity contribution >= 4 is 0 Å². The van der Waals surface area contributed by atoms with Gasteiger partial charge in [-0.1, -0.05) is 0 Å². The highest BCUT2D eigenvalue weighted by Gasteiger charge is 2.41. The second-order valence-corrected chi connectivity index (χ2v) is 9.14. The SMILES string of the molecule is COc1ccncc1-c1nc(C2CC(C)(C)OC(C)(C)C2)cn1-c1ccc(F)cc1. The summed E-state index contributed by atoms with van der Waals surface area (Å²) in [7, 11) is 1.63. The van der Waals surface area contributed by atoms with Gasteiger partial charge in [0.1, 0.15) is 17.4 Å². The molecule has 1 fully saturated rings. The van der Waals surface area contributed by atoms with Crippen molar-refractivity contribution in [2.45, 2.75) is 57.7 Å². The van der Waals surface area contributed by atoms with Crippen LogP contribution in [0.25, 0.3) is 17.1 Å². The van der Waals surface area contributed by atoms with E-state index in [0.717, 1.165) is 35.6 Å². The molecule has 0 radical (unpaired) electrons. The van der Waals surface area contributed by atoms with E-state index in [1.165, 1.54) is 12.1 Å². The Balaban J connectivity index is 1.85. The van der Waals surface area contributed by atoms with Crippen LogP contribution < -0.4 is 4.74 Å². The third-order valence-corrected chi connectivity index (χ3v) is 5.52. The summed E-state index contributed by atoms with van der Waals surface area (Å²) in [5.41, 5.74) is 2.14. The van der Waals surface area contributed by atoms with Crippen LogP contribution in [0.2, 0.25) is 0 Å². The molecular formula is C24H28FN3O2. The molecule has 3 heterocycles. The third-order valence-electron chi connectivity index (χ3n) is 5.52. The minimum absolute atomic E-state index is 0.238. The normalized spacial score (nSPS) is 18.3. The first-order valence-corrected chi connectivity index (χ1v) is 10.2. The fraction of sp³-hybridized carbons (Fsp3) is 0.417. The first-order chi connectivity index (χ1) is 14.2. The zero-order chi connectivity index (χ0) is 21.5. The monoisotopic (exact) mass is 409 g/mol. The number of methoxy groups -OCH3 is 1. The molecule has 1 aliphatic rings. The number of hydrogen-bond acceptors (Lipinski definition) is 4. The van der Waals surface area contributed by atoms with Crippen molar-refractivity contribution in [2.75, 3.05) is 7.11 Å². The van der Waals surface area contributed by atoms with E-state index < -0.39 is 0 Å². The Morgan fingerprint density at radius 3 is 2.37 bits per heavy atom. The minimum atomic E-state index is -0.271. The van der Waals surface area contributed by atoms with Gasteiger partial charge in [-0.15, -0.1) is 0 Å². The second-order valence-electron chi connectivity index (χ2n) is 9.14. The molecule has 0 N–H and O–H groups in total. The number of hydrogen-bond donors (Lipinski definition) is 0. The van der Waals surface area contributed by atoms with Crippen LogP contribution in [-0.4, -0.2) is 32.8 Å². The van der Waals surface area contributed by atoms with Crippen molar-refractivity contribution in [1.29, 1.82) is 0 Å². The molecule has 1 saturated heterocycles. The first kappa shape index (κ1) is 20.5. The highest BCUT2D eigenvalue weighted by atomic mass is 19.1. The minimum Gasteiger partial charge on any atom is -0.496 e. The van der Waals surface area contributed by atoms with Crippen LogP contribution in [0.3, 0.4) is 0 Å². The maximum Gasteiger partial charge on any atom is 0.150 e. The molecule has 0 saturated carbocycles. The number of halogens is 1. The van der Waals surface area contributed by atoms with Gasteiger partial charge in [-0.05, 0) is 70.9 Å². The Labute approximate surface area is 176 Å². The Bertz CT molecular complexity index is 1020. The fourth-order valence-electron chi connectivity index (χ4n) is 4.61. The summed E-state index contributed by atoms with van der Waals surface area (Å²) in [6.45, 7) is 8.51. The predicted molar refractivity (Wildman–Crippen MR) is 115 cm³/mol. The molecule has 4 rings (SSSR count). The highest BCUT2D eigenvalue weighted by molar-refractivity contribution is 5.65. The average Bonchev–Trinajstić information content (AvgIpc) is 3.11. The van der Waals surface area contributed by atoms with Gasteiger partial charge in [0.15, 0.2) is 0 Å². The van der Waals surface area contributed by atoms with Gasteiger partial charge >= 0.3 is 0 Å². The van der Waals surface area contributed by atoms with Crippen LogP contribution in [0.4, 0.5) is 4.39 Å². The van der Waals surface area contributed by atoms with E-state index in [2.05, 4.69) is 38.9 Å². The third kappa shape index (κ3) is 4.10. The number of ether oxygens (including phenoxy) is 2. The van der Waals surface area contributed by atoms with Crippen molar-refractivity contribution in [3.05, 3.63) is 60.4 Å². The van der Waals surface area contributed by atoms with E-state index in [0.29, 0.717) is 5.75 Å². The molecule has 3 aromatic rings. The summed E-state index contributed by atoms with van der Waals surface area (Å²) in [4.78, 5) is 9.31. The van der Waals surface area contributed by atoms with E-state index in [1.54, 1.807) is 31.6 Å². The first-order valence-electron chi connectivity index (χ1n) is 10.2. The number of imidazole rings is 1. The zero-order valence-electron chi connectivity index (χ0n) is 18.1. The van der Waals surface area contributed by atoms with Crippen LogP contribution in [-0.2, 0) is 4.74 Å². The van der Waals surface area contributed by atoms with E-state index in [-0.39, 0.29) is 22.9 Å². The van der Waals surface area contributed by atoms with Gasteiger partial charge < -0.3 is 9.47 Å². The number of nitrogens with zero attached hydrogens (tertiary/aromatic N) is 3. The molecule has 158 valence electrons. The zero-order valence-corrected chi connectivity index (χ0v) is 18.1. The molecule has 1 aromatic carbocycles. The van der Waals surface area contributed by atoms with E-state index >= 15 is 0 Å². The average molecular weight is 410 g/mol. The Kier molecular flexibility index (Phi) is 5.14. The molecule has 0 aliphatic carbocycles. The predicted octanol–water partition coefficient (Wildman–Crippen LogP) is 5.53. The molecule has 2 aromatic heterocycles. The second kappa shape index (κ2) is 7.51. The summed E-state index contributed by atoms with van der Waals surface area (Å²) in [5, 5.41) is 0. The van der Waals surface area contributed by atoms with Crippen molar-refractivity contribution in [2.24, 2.45) is 0 Å². The topological polar surface area (TPSA) is 49.2 Å². The van der Waals surface area contributed by atoms with Crippen LogP contribution in [0, 0.1) is 5.82 Å². The molecule has 6 heteroatoms. The summed E-state index contributed by atoms with van der Waals surface area (Å²) in [5.74, 6) is 1.39. The number of aromatic nitrogens is 3. The lowest BCUT2D eigenvalue weighted by molar-refractivity contribution is -0.162. The summed E-state index contributed by atoms with van der Waals surface area (Å²) in [6.07, 6.45) is 7.25. The Morgan fingerprint density at radius 1 is 1.07 bits per heavy atom. The van der Waals surface area contributed by atoms with E-state index in [9.17, 15) is 4.39 Å². The smallest absolute Gasteiger partial charge is 0.150 e. The molecule has 1 aliphatic heterocycles. The lowest BCUT2D eigenvalue weighted by atomic mass is 9.79. The van der Waals surface area contributed by atoms with E-state index in [4.69, 9.17) is 14.5 Å². The van der Waals surface area contributed by atoms with Crippen LogP contribution >= 0.6 is 0 Å². The molecule has 0 atom stereocenters. The van der Waals surface area contributed by atoms with Crippen molar-refractivity contribution in [3.63, 3.8) is 0 Å². The van der Waals surface area contributed by atoms with E-state index in [1.807, 2.05) is 10.6 Å². The summed E-state index contributed by atoms with van der Waals surface area (Å²) < 4.78 is 27.4. The van der Waals surface area contributed by atoms with Gasteiger partial charge in [-0.3, -0.25) is 9.55 Å². The molecular weight excluding hydrogens is 381 g/mol. The quantitative estimate of drug-likeness (QED) is 0.568. The standard InChI is InChI=1S/C24H28FN3O2/c1-23(2)12-16(13-24(3,4)30-23)20-15-28(18-8-6-17(25)7-9-18)22(27-20)19-14-26-11-10-21(19)29-5/h6-11,14-16H,12-13H2,1-5H3. The van der Waals surface area contributed by atoms with Crippen LogP contribution in [0.15, 0.2) is 48.9 Å². The fourth-order valence-corrected chi connectivity index (χ4v) is 4.61. The molecule has 0 amide bonds. The van der Waals surface area contributed by atoms with Gasteiger partial charge in [-0.25, -0.2) is 9.37 Å². The Hall–Kier alpha value is -2.73. The number of benzene rings is 1. The summed E-state index contributed by atoms with van der Waals surface area (Å²) in [6, 6.07) is 8.25. The molecule has 0 spiro atoms. The maximum absolute atomic E-state index is 13.5. The maximum atomic E-state index is 13.5. The number of pyridine rings is 1. The molecule has 5 nitrogen and oxygen atoms in total. The number of rotatable bonds is 4. The Morgan fingerprint density at radius 2 is 1.73 bits per heavy atom. The lowest BCUT2D eigenvalue weighted by Crippen LogP contribution is -2.44. The largest absolute Gasteiger partial charge is 0.496 e. The van der Waals surface area contributed by atoms with Gasteiger partial charge in [0.05, 0.1) is 29.6 Å². The van der Waals surface area contributed by atoms with Crippen LogP contribution in [0.1, 0.15) is 52.1 Å². The summed E-state index contributed by atoms with van der Waals surface area (Å²) >= 11 is 0. The van der Waals surface area contributed by atoms with Crippen LogP contribution in [0.5, 0.6) is 5.75 Å². The molecule has 30 heavy (non-hydrogen) atoms. The highest BCUT2D eigenvalue weighted by Crippen LogP contribution is 2.44. The molecule has 0 bridgehead atoms.